The number of aliphatic hydroxyl groups is 1. The maximum Gasteiger partial charge on any atom is 0.253 e. The quantitative estimate of drug-likeness (QED) is 0.862. The number of nitrogens with zero attached hydrogens (tertiary/aromatic N) is 3. The first-order valence-corrected chi connectivity index (χ1v) is 10.2. The highest BCUT2D eigenvalue weighted by atomic mass is 35.5. The van der Waals surface area contributed by atoms with Gasteiger partial charge >= 0.3 is 0 Å². The Balaban J connectivity index is 1.36. The first kappa shape index (κ1) is 19.2. The SMILES string of the molecule is Cc1cccc(N2C[C@@H](O)[C@H](N3CCN(C(=O)c4ccc(Cl)cc4)CC3)C2)c1. The monoisotopic (exact) mass is 399 g/mol. The topological polar surface area (TPSA) is 47.0 Å². The van der Waals surface area contributed by atoms with E-state index in [1.165, 1.54) is 5.56 Å². The Morgan fingerprint density at radius 2 is 1.75 bits per heavy atom. The number of aryl methyl sites for hydroxylation is 1. The smallest absolute Gasteiger partial charge is 0.253 e. The van der Waals surface area contributed by atoms with Crippen molar-refractivity contribution in [3.63, 3.8) is 0 Å². The van der Waals surface area contributed by atoms with Gasteiger partial charge in [-0.1, -0.05) is 23.7 Å². The third-order valence-corrected chi connectivity index (χ3v) is 6.04. The van der Waals surface area contributed by atoms with E-state index in [4.69, 9.17) is 11.6 Å². The summed E-state index contributed by atoms with van der Waals surface area (Å²) in [6.07, 6.45) is -0.376. The van der Waals surface area contributed by atoms with Gasteiger partial charge in [0.25, 0.3) is 5.91 Å². The fourth-order valence-electron chi connectivity index (χ4n) is 4.20. The molecule has 1 N–H and O–H groups in total. The van der Waals surface area contributed by atoms with Gasteiger partial charge in [0.1, 0.15) is 0 Å². The molecule has 0 unspecified atom stereocenters. The third-order valence-electron chi connectivity index (χ3n) is 5.79. The number of β-amino-alcohol motifs (C(OH)–C–C–N with tert-alkyl or cyclic N) is 1. The van der Waals surface area contributed by atoms with Gasteiger partial charge in [-0.05, 0) is 48.9 Å². The number of benzene rings is 2. The average Bonchev–Trinajstić information content (AvgIpc) is 3.10. The molecule has 2 aromatic carbocycles. The van der Waals surface area contributed by atoms with Crippen molar-refractivity contribution in [2.75, 3.05) is 44.2 Å². The van der Waals surface area contributed by atoms with Gasteiger partial charge in [-0.2, -0.15) is 0 Å². The minimum absolute atomic E-state index is 0.0460. The molecule has 2 fully saturated rings. The molecule has 0 saturated carbocycles. The maximum atomic E-state index is 12.7. The van der Waals surface area contributed by atoms with Crippen LogP contribution in [0.1, 0.15) is 15.9 Å². The van der Waals surface area contributed by atoms with E-state index in [0.29, 0.717) is 30.2 Å². The minimum Gasteiger partial charge on any atom is -0.390 e. The van der Waals surface area contributed by atoms with E-state index in [2.05, 4.69) is 41.0 Å². The van der Waals surface area contributed by atoms with Crippen molar-refractivity contribution < 1.29 is 9.90 Å². The van der Waals surface area contributed by atoms with E-state index in [1.807, 2.05) is 4.90 Å². The first-order valence-electron chi connectivity index (χ1n) is 9.80. The second-order valence-corrected chi connectivity index (χ2v) is 8.15. The van der Waals surface area contributed by atoms with Crippen LogP contribution in [0.4, 0.5) is 5.69 Å². The highest BCUT2D eigenvalue weighted by molar-refractivity contribution is 6.30. The van der Waals surface area contributed by atoms with E-state index < -0.39 is 0 Å². The van der Waals surface area contributed by atoms with Gasteiger partial charge in [0.15, 0.2) is 0 Å². The largest absolute Gasteiger partial charge is 0.390 e. The van der Waals surface area contributed by atoms with Crippen LogP contribution in [0.25, 0.3) is 0 Å². The van der Waals surface area contributed by atoms with E-state index in [1.54, 1.807) is 24.3 Å². The first-order chi connectivity index (χ1) is 13.5. The molecule has 2 atom stereocenters. The molecule has 0 aliphatic carbocycles. The van der Waals surface area contributed by atoms with Crippen LogP contribution < -0.4 is 4.90 Å². The summed E-state index contributed by atoms with van der Waals surface area (Å²) in [5, 5.41) is 11.3. The summed E-state index contributed by atoms with van der Waals surface area (Å²) in [6.45, 7) is 6.47. The van der Waals surface area contributed by atoms with Crippen LogP contribution in [0.5, 0.6) is 0 Å². The van der Waals surface area contributed by atoms with Crippen molar-refractivity contribution >= 4 is 23.2 Å². The highest BCUT2D eigenvalue weighted by Gasteiger charge is 2.37. The Hall–Kier alpha value is -2.08. The lowest BCUT2D eigenvalue weighted by Crippen LogP contribution is -2.54. The Labute approximate surface area is 171 Å². The van der Waals surface area contributed by atoms with Crippen LogP contribution in [0, 0.1) is 6.92 Å². The number of anilines is 1. The molecule has 2 saturated heterocycles. The number of hydrogen-bond donors (Lipinski definition) is 1. The Bertz CT molecular complexity index is 834. The Morgan fingerprint density at radius 3 is 2.43 bits per heavy atom. The van der Waals surface area contributed by atoms with Crippen molar-refractivity contribution in [1.82, 2.24) is 9.80 Å². The number of hydrogen-bond acceptors (Lipinski definition) is 4. The molecule has 0 bridgehead atoms. The highest BCUT2D eigenvalue weighted by Crippen LogP contribution is 2.25. The van der Waals surface area contributed by atoms with Crippen molar-refractivity contribution in [2.45, 2.75) is 19.1 Å². The summed E-state index contributed by atoms with van der Waals surface area (Å²) >= 11 is 5.91. The number of halogens is 1. The summed E-state index contributed by atoms with van der Waals surface area (Å²) in [5.41, 5.74) is 3.06. The summed E-state index contributed by atoms with van der Waals surface area (Å²) in [7, 11) is 0. The standard InChI is InChI=1S/C22H26ClN3O2/c1-16-3-2-4-19(13-16)26-14-20(21(27)15-26)24-9-11-25(12-10-24)22(28)17-5-7-18(23)8-6-17/h2-8,13,20-21,27H,9-12,14-15H2,1H3/t20-,21-/m1/s1. The van der Waals surface area contributed by atoms with Crippen LogP contribution in [0.15, 0.2) is 48.5 Å². The van der Waals surface area contributed by atoms with E-state index in [0.717, 1.165) is 25.3 Å². The Kier molecular flexibility index (Phi) is 5.58. The second kappa shape index (κ2) is 8.11. The van der Waals surface area contributed by atoms with Gasteiger partial charge in [0.2, 0.25) is 0 Å². The molecule has 2 aliphatic heterocycles. The van der Waals surface area contributed by atoms with E-state index in [9.17, 15) is 9.90 Å². The molecule has 0 aromatic heterocycles. The van der Waals surface area contributed by atoms with E-state index >= 15 is 0 Å². The molecule has 2 aliphatic rings. The molecule has 1 amide bonds. The maximum absolute atomic E-state index is 12.7. The summed E-state index contributed by atoms with van der Waals surface area (Å²) < 4.78 is 0. The minimum atomic E-state index is -0.376. The summed E-state index contributed by atoms with van der Waals surface area (Å²) in [4.78, 5) is 19.2. The molecular weight excluding hydrogens is 374 g/mol. The van der Waals surface area contributed by atoms with Crippen LogP contribution in [-0.2, 0) is 0 Å². The summed E-state index contributed by atoms with van der Waals surface area (Å²) in [6, 6.07) is 15.6. The molecular formula is C22H26ClN3O2. The molecule has 2 aromatic rings. The van der Waals surface area contributed by atoms with Crippen molar-refractivity contribution in [3.05, 3.63) is 64.7 Å². The lowest BCUT2D eigenvalue weighted by molar-refractivity contribution is 0.0376. The number of piperazine rings is 1. The van der Waals surface area contributed by atoms with Crippen LogP contribution in [-0.4, -0.2) is 72.2 Å². The van der Waals surface area contributed by atoms with Gasteiger partial charge in [0, 0.05) is 55.5 Å². The number of aliphatic hydroxyl groups excluding tert-OH is 1. The van der Waals surface area contributed by atoms with Crippen molar-refractivity contribution in [1.29, 1.82) is 0 Å². The van der Waals surface area contributed by atoms with Crippen molar-refractivity contribution in [2.24, 2.45) is 0 Å². The molecule has 4 rings (SSSR count). The second-order valence-electron chi connectivity index (χ2n) is 7.71. The number of carbonyl (C=O) groups is 1. The summed E-state index contributed by atoms with van der Waals surface area (Å²) in [5.74, 6) is 0.0460. The van der Waals surface area contributed by atoms with Crippen LogP contribution in [0.2, 0.25) is 5.02 Å². The molecule has 6 heteroatoms. The lowest BCUT2D eigenvalue weighted by Gasteiger charge is -2.38. The van der Waals surface area contributed by atoms with Gasteiger partial charge < -0.3 is 14.9 Å². The molecule has 0 radical (unpaired) electrons. The number of amides is 1. The average molecular weight is 400 g/mol. The van der Waals surface area contributed by atoms with E-state index in [-0.39, 0.29) is 18.1 Å². The normalized spacial score (nSPS) is 23.2. The molecule has 148 valence electrons. The van der Waals surface area contributed by atoms with Gasteiger partial charge in [-0.15, -0.1) is 0 Å². The zero-order valence-corrected chi connectivity index (χ0v) is 16.8. The van der Waals surface area contributed by atoms with Gasteiger partial charge in [0.05, 0.1) is 12.1 Å². The van der Waals surface area contributed by atoms with Crippen LogP contribution in [0.3, 0.4) is 0 Å². The molecule has 0 spiro atoms. The predicted octanol–water partition coefficient (Wildman–Crippen LogP) is 2.66. The van der Waals surface area contributed by atoms with Gasteiger partial charge in [-0.3, -0.25) is 9.69 Å². The molecule has 5 nitrogen and oxygen atoms in total. The fraction of sp³-hybridized carbons (Fsp3) is 0.409. The predicted molar refractivity (Wildman–Crippen MR) is 112 cm³/mol. The van der Waals surface area contributed by atoms with Crippen LogP contribution >= 0.6 is 11.6 Å². The van der Waals surface area contributed by atoms with Crippen molar-refractivity contribution in [3.8, 4) is 0 Å². The third kappa shape index (κ3) is 4.02. The van der Waals surface area contributed by atoms with Gasteiger partial charge in [-0.25, -0.2) is 0 Å². The number of rotatable bonds is 3. The zero-order valence-electron chi connectivity index (χ0n) is 16.1. The molecule has 2 heterocycles. The number of carbonyl (C=O) groups excluding carboxylic acids is 1. The fourth-order valence-corrected chi connectivity index (χ4v) is 4.32. The lowest BCUT2D eigenvalue weighted by atomic mass is 10.1. The Morgan fingerprint density at radius 1 is 1.04 bits per heavy atom. The zero-order chi connectivity index (χ0) is 19.7. The molecule has 28 heavy (non-hydrogen) atoms.